The molecular formula is C27H27ClN2O3. The molecule has 0 spiro atoms. The minimum Gasteiger partial charge on any atom is -0.478 e. The van der Waals surface area contributed by atoms with Gasteiger partial charge in [-0.15, -0.1) is 0 Å². The van der Waals surface area contributed by atoms with Crippen molar-refractivity contribution < 1.29 is 14.7 Å². The van der Waals surface area contributed by atoms with E-state index in [0.717, 1.165) is 35.1 Å². The van der Waals surface area contributed by atoms with Crippen LogP contribution in [-0.2, 0) is 36.1 Å². The molecule has 0 fully saturated rings. The first kappa shape index (κ1) is 23.0. The molecule has 0 unspecified atom stereocenters. The second kappa shape index (κ2) is 9.00. The van der Waals surface area contributed by atoms with E-state index in [1.165, 1.54) is 5.56 Å². The summed E-state index contributed by atoms with van der Waals surface area (Å²) >= 11 is 6.62. The molecule has 0 radical (unpaired) electrons. The fraction of sp³-hybridized carbons (Fsp3) is 0.259. The standard InChI is InChI=1S/C27H27ClN2O3/c1-27(2)22-13-12-19(25(31)32)14-24(22)30(26(27)33)16-21-18(8-5-9-23(21)28)11-10-17-6-3-4-7-20(17)15-29/h3-9,12-14H,10-11,15-16,29H2,1-2H3,(H,31,32). The number of anilines is 1. The van der Waals surface area contributed by atoms with Crippen molar-refractivity contribution in [2.45, 2.75) is 45.2 Å². The van der Waals surface area contributed by atoms with Gasteiger partial charge in [-0.25, -0.2) is 4.79 Å². The number of nitrogens with two attached hydrogens (primary N) is 1. The molecule has 1 aliphatic rings. The van der Waals surface area contributed by atoms with Crippen LogP contribution in [0.1, 0.15) is 52.0 Å². The Bertz CT molecular complexity index is 1240. The van der Waals surface area contributed by atoms with Crippen LogP contribution in [0.2, 0.25) is 5.02 Å². The average Bonchev–Trinajstić information content (AvgIpc) is 2.99. The molecule has 6 heteroatoms. The van der Waals surface area contributed by atoms with Crippen LogP contribution in [0.4, 0.5) is 5.69 Å². The van der Waals surface area contributed by atoms with Crippen LogP contribution in [-0.4, -0.2) is 17.0 Å². The number of fused-ring (bicyclic) bond motifs is 1. The van der Waals surface area contributed by atoms with E-state index in [2.05, 4.69) is 6.07 Å². The monoisotopic (exact) mass is 462 g/mol. The Morgan fingerprint density at radius 3 is 2.36 bits per heavy atom. The van der Waals surface area contributed by atoms with E-state index in [-0.39, 0.29) is 18.0 Å². The number of carbonyl (C=O) groups is 2. The van der Waals surface area contributed by atoms with Crippen molar-refractivity contribution in [2.24, 2.45) is 5.73 Å². The maximum absolute atomic E-state index is 13.4. The van der Waals surface area contributed by atoms with Crippen LogP contribution in [0.5, 0.6) is 0 Å². The van der Waals surface area contributed by atoms with Crippen molar-refractivity contribution in [3.8, 4) is 0 Å². The van der Waals surface area contributed by atoms with E-state index in [9.17, 15) is 14.7 Å². The van der Waals surface area contributed by atoms with Crippen molar-refractivity contribution in [3.63, 3.8) is 0 Å². The lowest BCUT2D eigenvalue weighted by molar-refractivity contribution is -0.122. The van der Waals surface area contributed by atoms with Crippen molar-refractivity contribution in [3.05, 3.63) is 99.1 Å². The first-order chi connectivity index (χ1) is 15.7. The Labute approximate surface area is 198 Å². The lowest BCUT2D eigenvalue weighted by atomic mass is 9.86. The summed E-state index contributed by atoms with van der Waals surface area (Å²) < 4.78 is 0. The largest absolute Gasteiger partial charge is 0.478 e. The third-order valence-corrected chi connectivity index (χ3v) is 6.88. The number of hydrogen-bond acceptors (Lipinski definition) is 3. The number of halogens is 1. The number of amides is 1. The van der Waals surface area contributed by atoms with E-state index < -0.39 is 11.4 Å². The first-order valence-corrected chi connectivity index (χ1v) is 11.3. The number of aryl methyl sites for hydroxylation is 2. The lowest BCUT2D eigenvalue weighted by Gasteiger charge is -2.23. The molecule has 0 aliphatic carbocycles. The SMILES string of the molecule is CC1(C)C(=O)N(Cc2c(Cl)cccc2CCc2ccccc2CN)c2cc(C(=O)O)ccc21. The normalized spacial score (nSPS) is 14.4. The zero-order valence-electron chi connectivity index (χ0n) is 18.8. The molecule has 1 amide bonds. The van der Waals surface area contributed by atoms with Gasteiger partial charge in [0.15, 0.2) is 0 Å². The number of carbonyl (C=O) groups excluding carboxylic acids is 1. The van der Waals surface area contributed by atoms with Crippen LogP contribution in [0, 0.1) is 0 Å². The van der Waals surface area contributed by atoms with Gasteiger partial charge >= 0.3 is 5.97 Å². The summed E-state index contributed by atoms with van der Waals surface area (Å²) in [6.07, 6.45) is 1.56. The van der Waals surface area contributed by atoms with Crippen LogP contribution in [0.25, 0.3) is 0 Å². The fourth-order valence-corrected chi connectivity index (χ4v) is 4.83. The lowest BCUT2D eigenvalue weighted by Crippen LogP contribution is -2.36. The number of carboxylic acids is 1. The van der Waals surface area contributed by atoms with Gasteiger partial charge in [-0.2, -0.15) is 0 Å². The van der Waals surface area contributed by atoms with E-state index in [1.807, 2.05) is 50.2 Å². The highest BCUT2D eigenvalue weighted by atomic mass is 35.5. The van der Waals surface area contributed by atoms with E-state index >= 15 is 0 Å². The van der Waals surface area contributed by atoms with Gasteiger partial charge in [-0.05, 0) is 72.7 Å². The summed E-state index contributed by atoms with van der Waals surface area (Å²) in [6.45, 7) is 4.50. The number of hydrogen-bond donors (Lipinski definition) is 2. The van der Waals surface area contributed by atoms with E-state index in [0.29, 0.717) is 17.3 Å². The summed E-state index contributed by atoms with van der Waals surface area (Å²) in [5, 5.41) is 10.1. The first-order valence-electron chi connectivity index (χ1n) is 11.0. The topological polar surface area (TPSA) is 83.6 Å². The minimum absolute atomic E-state index is 0.0700. The molecule has 33 heavy (non-hydrogen) atoms. The number of nitrogens with zero attached hydrogens (tertiary/aromatic N) is 1. The molecular weight excluding hydrogens is 436 g/mol. The number of carboxylic acid groups (broad SMARTS) is 1. The predicted molar refractivity (Wildman–Crippen MR) is 131 cm³/mol. The molecule has 4 rings (SSSR count). The summed E-state index contributed by atoms with van der Waals surface area (Å²) in [5.41, 5.74) is 11.0. The smallest absolute Gasteiger partial charge is 0.335 e. The number of aromatic carboxylic acids is 1. The van der Waals surface area contributed by atoms with Crippen LogP contribution >= 0.6 is 11.6 Å². The molecule has 0 saturated carbocycles. The molecule has 5 nitrogen and oxygen atoms in total. The van der Waals surface area contributed by atoms with Gasteiger partial charge in [0, 0.05) is 17.3 Å². The third kappa shape index (κ3) is 4.26. The summed E-state index contributed by atoms with van der Waals surface area (Å²) in [6, 6.07) is 18.8. The number of rotatable bonds is 7. The quantitative estimate of drug-likeness (QED) is 0.511. The van der Waals surface area contributed by atoms with Gasteiger partial charge in [0.1, 0.15) is 0 Å². The Hall–Kier alpha value is -3.15. The second-order valence-corrected chi connectivity index (χ2v) is 9.31. The van der Waals surface area contributed by atoms with Gasteiger partial charge in [-0.3, -0.25) is 4.79 Å². The molecule has 1 heterocycles. The van der Waals surface area contributed by atoms with Crippen LogP contribution in [0.3, 0.4) is 0 Å². The minimum atomic E-state index is -1.02. The molecule has 1 aliphatic heterocycles. The average molecular weight is 463 g/mol. The summed E-state index contributed by atoms with van der Waals surface area (Å²) in [4.78, 5) is 26.6. The van der Waals surface area contributed by atoms with Crippen LogP contribution < -0.4 is 10.6 Å². The number of benzene rings is 3. The van der Waals surface area contributed by atoms with E-state index in [1.54, 1.807) is 23.1 Å². The molecule has 170 valence electrons. The Morgan fingerprint density at radius 2 is 1.67 bits per heavy atom. The van der Waals surface area contributed by atoms with Crippen molar-refractivity contribution in [1.82, 2.24) is 0 Å². The van der Waals surface area contributed by atoms with Crippen molar-refractivity contribution in [2.75, 3.05) is 4.90 Å². The van der Waals surface area contributed by atoms with Crippen molar-refractivity contribution in [1.29, 1.82) is 0 Å². The molecule has 0 bridgehead atoms. The van der Waals surface area contributed by atoms with Crippen LogP contribution in [0.15, 0.2) is 60.7 Å². The van der Waals surface area contributed by atoms with Gasteiger partial charge in [0.05, 0.1) is 17.5 Å². The van der Waals surface area contributed by atoms with Gasteiger partial charge in [0.25, 0.3) is 0 Å². The predicted octanol–water partition coefficient (Wildman–Crippen LogP) is 5.11. The Kier molecular flexibility index (Phi) is 6.28. The van der Waals surface area contributed by atoms with E-state index in [4.69, 9.17) is 17.3 Å². The third-order valence-electron chi connectivity index (χ3n) is 6.52. The van der Waals surface area contributed by atoms with Gasteiger partial charge in [-0.1, -0.05) is 54.1 Å². The maximum atomic E-state index is 13.4. The Balaban J connectivity index is 1.68. The zero-order valence-corrected chi connectivity index (χ0v) is 19.5. The second-order valence-electron chi connectivity index (χ2n) is 8.90. The molecule has 3 aromatic rings. The summed E-state index contributed by atoms with van der Waals surface area (Å²) in [5.74, 6) is -1.09. The molecule has 3 N–H and O–H groups in total. The maximum Gasteiger partial charge on any atom is 0.335 e. The highest BCUT2D eigenvalue weighted by molar-refractivity contribution is 6.31. The Morgan fingerprint density at radius 1 is 1.00 bits per heavy atom. The fourth-order valence-electron chi connectivity index (χ4n) is 4.58. The zero-order chi connectivity index (χ0) is 23.8. The van der Waals surface area contributed by atoms with Crippen molar-refractivity contribution >= 4 is 29.2 Å². The summed E-state index contributed by atoms with van der Waals surface area (Å²) in [7, 11) is 0. The molecule has 0 aromatic heterocycles. The van der Waals surface area contributed by atoms with Gasteiger partial charge in [0.2, 0.25) is 5.91 Å². The highest BCUT2D eigenvalue weighted by Gasteiger charge is 2.44. The molecule has 0 atom stereocenters. The molecule has 0 saturated heterocycles. The highest BCUT2D eigenvalue weighted by Crippen LogP contribution is 2.43. The van der Waals surface area contributed by atoms with Gasteiger partial charge < -0.3 is 15.7 Å². The molecule has 3 aromatic carbocycles.